The molecule has 1 saturated carbocycles. The normalized spacial score (nSPS) is 14.3. The van der Waals surface area contributed by atoms with Crippen molar-refractivity contribution in [2.75, 3.05) is 18.4 Å². The Morgan fingerprint density at radius 2 is 1.86 bits per heavy atom. The SMILES string of the molecule is Cl.NS(=O)(=O)Cc1ccc(NC(=O)CNCC2CC2)cc1. The average Bonchev–Trinajstić information content (AvgIpc) is 3.14. The Labute approximate surface area is 130 Å². The number of nitrogens with one attached hydrogen (secondary N) is 2. The van der Waals surface area contributed by atoms with Crippen LogP contribution in [0, 0.1) is 5.92 Å². The lowest BCUT2D eigenvalue weighted by Crippen LogP contribution is -2.29. The van der Waals surface area contributed by atoms with Crippen LogP contribution in [-0.4, -0.2) is 27.4 Å². The molecule has 2 rings (SSSR count). The van der Waals surface area contributed by atoms with E-state index in [1.54, 1.807) is 24.3 Å². The van der Waals surface area contributed by atoms with Crippen LogP contribution < -0.4 is 15.8 Å². The van der Waals surface area contributed by atoms with Gasteiger partial charge in [-0.2, -0.15) is 0 Å². The maximum Gasteiger partial charge on any atom is 0.238 e. The van der Waals surface area contributed by atoms with E-state index in [4.69, 9.17) is 5.14 Å². The Kier molecular flexibility index (Phi) is 6.60. The zero-order chi connectivity index (χ0) is 14.6. The number of benzene rings is 1. The molecule has 1 amide bonds. The molecule has 1 aromatic rings. The molecule has 118 valence electrons. The number of halogens is 1. The smallest absolute Gasteiger partial charge is 0.238 e. The van der Waals surface area contributed by atoms with Crippen molar-refractivity contribution >= 4 is 34.0 Å². The summed E-state index contributed by atoms with van der Waals surface area (Å²) < 4.78 is 21.9. The first kappa shape index (κ1) is 17.9. The van der Waals surface area contributed by atoms with Gasteiger partial charge in [-0.15, -0.1) is 12.4 Å². The first-order valence-corrected chi connectivity index (χ1v) is 8.24. The molecule has 1 aliphatic rings. The summed E-state index contributed by atoms with van der Waals surface area (Å²) >= 11 is 0. The molecule has 0 atom stereocenters. The monoisotopic (exact) mass is 333 g/mol. The highest BCUT2D eigenvalue weighted by molar-refractivity contribution is 7.88. The molecule has 0 aliphatic heterocycles. The topological polar surface area (TPSA) is 101 Å². The predicted octanol–water partition coefficient (Wildman–Crippen LogP) is 0.835. The molecule has 1 aromatic carbocycles. The van der Waals surface area contributed by atoms with E-state index in [-0.39, 0.29) is 30.6 Å². The van der Waals surface area contributed by atoms with Gasteiger partial charge in [0.25, 0.3) is 0 Å². The number of nitrogens with two attached hydrogens (primary N) is 1. The number of anilines is 1. The van der Waals surface area contributed by atoms with Gasteiger partial charge in [0.05, 0.1) is 12.3 Å². The zero-order valence-electron chi connectivity index (χ0n) is 11.5. The highest BCUT2D eigenvalue weighted by Crippen LogP contribution is 2.27. The Bertz CT molecular complexity index is 571. The number of hydrogen-bond acceptors (Lipinski definition) is 4. The molecular formula is C13H20ClN3O3S. The standard InChI is InChI=1S/C13H19N3O3S.ClH/c14-20(18,19)9-11-3-5-12(6-4-11)16-13(17)8-15-7-10-1-2-10;/h3-6,10,15H,1-2,7-9H2,(H,16,17)(H2,14,18,19);1H. The van der Waals surface area contributed by atoms with Crippen molar-refractivity contribution in [1.29, 1.82) is 0 Å². The van der Waals surface area contributed by atoms with E-state index in [0.29, 0.717) is 11.3 Å². The summed E-state index contributed by atoms with van der Waals surface area (Å²) in [4.78, 5) is 11.6. The lowest BCUT2D eigenvalue weighted by molar-refractivity contribution is -0.115. The van der Waals surface area contributed by atoms with E-state index in [1.165, 1.54) is 12.8 Å². The Hall–Kier alpha value is -1.15. The van der Waals surface area contributed by atoms with Crippen LogP contribution in [0.3, 0.4) is 0 Å². The molecule has 8 heteroatoms. The predicted molar refractivity (Wildman–Crippen MR) is 84.7 cm³/mol. The van der Waals surface area contributed by atoms with Crippen LogP contribution in [0.5, 0.6) is 0 Å². The molecule has 0 spiro atoms. The molecule has 21 heavy (non-hydrogen) atoms. The maximum absolute atomic E-state index is 11.6. The van der Waals surface area contributed by atoms with Crippen LogP contribution in [0.1, 0.15) is 18.4 Å². The van der Waals surface area contributed by atoms with Crippen molar-refractivity contribution < 1.29 is 13.2 Å². The summed E-state index contributed by atoms with van der Waals surface area (Å²) in [6.07, 6.45) is 2.50. The lowest BCUT2D eigenvalue weighted by Gasteiger charge is -2.07. The van der Waals surface area contributed by atoms with Gasteiger partial charge < -0.3 is 10.6 Å². The largest absolute Gasteiger partial charge is 0.325 e. The van der Waals surface area contributed by atoms with Gasteiger partial charge in [0.2, 0.25) is 15.9 Å². The average molecular weight is 334 g/mol. The Balaban J connectivity index is 0.00000220. The Morgan fingerprint density at radius 1 is 1.24 bits per heavy atom. The van der Waals surface area contributed by atoms with Crippen LogP contribution >= 0.6 is 12.4 Å². The van der Waals surface area contributed by atoms with Crippen molar-refractivity contribution in [1.82, 2.24) is 5.32 Å². The first-order chi connectivity index (χ1) is 9.42. The number of hydrogen-bond donors (Lipinski definition) is 3. The molecule has 4 N–H and O–H groups in total. The number of sulfonamides is 1. The third-order valence-corrected chi connectivity index (χ3v) is 3.76. The molecule has 6 nitrogen and oxygen atoms in total. The molecule has 0 unspecified atom stereocenters. The van der Waals surface area contributed by atoms with E-state index in [9.17, 15) is 13.2 Å². The minimum atomic E-state index is -3.52. The van der Waals surface area contributed by atoms with Crippen molar-refractivity contribution in [3.63, 3.8) is 0 Å². The minimum absolute atomic E-state index is 0. The fraction of sp³-hybridized carbons (Fsp3) is 0.462. The maximum atomic E-state index is 11.6. The van der Waals surface area contributed by atoms with E-state index in [0.717, 1.165) is 12.5 Å². The number of amides is 1. The summed E-state index contributed by atoms with van der Waals surface area (Å²) in [6.45, 7) is 1.18. The van der Waals surface area contributed by atoms with Crippen molar-refractivity contribution in [3.8, 4) is 0 Å². The fourth-order valence-corrected chi connectivity index (χ4v) is 2.49. The summed E-state index contributed by atoms with van der Waals surface area (Å²) in [5, 5.41) is 10.8. The third kappa shape index (κ3) is 7.42. The molecule has 1 aliphatic carbocycles. The molecule has 0 heterocycles. The summed E-state index contributed by atoms with van der Waals surface area (Å²) in [7, 11) is -3.52. The van der Waals surface area contributed by atoms with Crippen LogP contribution in [0.25, 0.3) is 0 Å². The molecule has 1 fully saturated rings. The quantitative estimate of drug-likeness (QED) is 0.688. The molecular weight excluding hydrogens is 314 g/mol. The number of carbonyl (C=O) groups excluding carboxylic acids is 1. The highest BCUT2D eigenvalue weighted by Gasteiger charge is 2.20. The number of carbonyl (C=O) groups is 1. The van der Waals surface area contributed by atoms with Gasteiger partial charge in [0, 0.05) is 5.69 Å². The van der Waals surface area contributed by atoms with E-state index in [1.807, 2.05) is 0 Å². The molecule has 0 radical (unpaired) electrons. The zero-order valence-corrected chi connectivity index (χ0v) is 13.2. The molecule has 0 bridgehead atoms. The van der Waals surface area contributed by atoms with Gasteiger partial charge in [-0.1, -0.05) is 12.1 Å². The second-order valence-electron chi connectivity index (χ2n) is 5.13. The highest BCUT2D eigenvalue weighted by atomic mass is 35.5. The summed E-state index contributed by atoms with van der Waals surface area (Å²) in [6, 6.07) is 6.61. The minimum Gasteiger partial charge on any atom is -0.325 e. The van der Waals surface area contributed by atoms with Gasteiger partial charge >= 0.3 is 0 Å². The summed E-state index contributed by atoms with van der Waals surface area (Å²) in [5.74, 6) is 0.426. The van der Waals surface area contributed by atoms with Crippen molar-refractivity contribution in [2.45, 2.75) is 18.6 Å². The number of primary sulfonamides is 1. The van der Waals surface area contributed by atoms with Gasteiger partial charge in [-0.3, -0.25) is 4.79 Å². The van der Waals surface area contributed by atoms with Gasteiger partial charge in [0.15, 0.2) is 0 Å². The second-order valence-corrected chi connectivity index (χ2v) is 6.74. The van der Waals surface area contributed by atoms with Crippen LogP contribution in [-0.2, 0) is 20.6 Å². The van der Waals surface area contributed by atoms with E-state index in [2.05, 4.69) is 10.6 Å². The number of rotatable bonds is 7. The Morgan fingerprint density at radius 3 is 2.38 bits per heavy atom. The van der Waals surface area contributed by atoms with Gasteiger partial charge in [-0.25, -0.2) is 13.6 Å². The van der Waals surface area contributed by atoms with Gasteiger partial charge in [0.1, 0.15) is 0 Å². The van der Waals surface area contributed by atoms with E-state index < -0.39 is 10.0 Å². The van der Waals surface area contributed by atoms with Crippen molar-refractivity contribution in [2.24, 2.45) is 11.1 Å². The fourth-order valence-electron chi connectivity index (χ4n) is 1.83. The molecule has 0 saturated heterocycles. The lowest BCUT2D eigenvalue weighted by atomic mass is 10.2. The van der Waals surface area contributed by atoms with Gasteiger partial charge in [-0.05, 0) is 43.0 Å². The molecule has 0 aromatic heterocycles. The van der Waals surface area contributed by atoms with Crippen LogP contribution in [0.4, 0.5) is 5.69 Å². The second kappa shape index (κ2) is 7.74. The van der Waals surface area contributed by atoms with Crippen LogP contribution in [0.15, 0.2) is 24.3 Å². The van der Waals surface area contributed by atoms with Crippen molar-refractivity contribution in [3.05, 3.63) is 29.8 Å². The van der Waals surface area contributed by atoms with Crippen LogP contribution in [0.2, 0.25) is 0 Å². The third-order valence-electron chi connectivity index (χ3n) is 3.02. The first-order valence-electron chi connectivity index (χ1n) is 6.52. The summed E-state index contributed by atoms with van der Waals surface area (Å²) in [5.41, 5.74) is 1.23. The van der Waals surface area contributed by atoms with E-state index >= 15 is 0 Å².